The molecule has 19 heavy (non-hydrogen) atoms. The van der Waals surface area contributed by atoms with Crippen molar-refractivity contribution >= 4 is 0 Å². The van der Waals surface area contributed by atoms with E-state index in [-0.39, 0.29) is 0 Å². The smallest absolute Gasteiger partial charge is 0.0613 e. The fourth-order valence-electron chi connectivity index (χ4n) is 2.98. The fraction of sp³-hybridized carbons (Fsp3) is 0.647. The number of hydrogen-bond acceptors (Lipinski definition) is 2. The zero-order chi connectivity index (χ0) is 13.8. The van der Waals surface area contributed by atoms with Crippen LogP contribution in [0.2, 0.25) is 0 Å². The highest BCUT2D eigenvalue weighted by Crippen LogP contribution is 2.23. The van der Waals surface area contributed by atoms with Gasteiger partial charge in [0, 0.05) is 19.7 Å². The zero-order valence-corrected chi connectivity index (χ0v) is 12.8. The number of nitrogens with one attached hydrogen (secondary N) is 1. The topological polar surface area (TPSA) is 21.3 Å². The molecule has 1 aliphatic heterocycles. The number of ether oxygens (including phenoxy) is 1. The van der Waals surface area contributed by atoms with Gasteiger partial charge in [-0.1, -0.05) is 19.1 Å². The largest absolute Gasteiger partial charge is 0.378 e. The summed E-state index contributed by atoms with van der Waals surface area (Å²) in [6, 6.07) is 4.61. The van der Waals surface area contributed by atoms with E-state index in [4.69, 9.17) is 4.74 Å². The molecule has 2 nitrogen and oxygen atoms in total. The van der Waals surface area contributed by atoms with Crippen molar-refractivity contribution in [2.45, 2.75) is 53.2 Å². The minimum absolute atomic E-state index is 0.466. The molecule has 0 aliphatic carbocycles. The molecule has 0 saturated carbocycles. The quantitative estimate of drug-likeness (QED) is 0.875. The van der Waals surface area contributed by atoms with E-state index in [2.05, 4.69) is 45.1 Å². The SMILES string of the molecule is CCC1OCCC1CNCc1cc(C)c(C)cc1C. The lowest BCUT2D eigenvalue weighted by Crippen LogP contribution is -2.28. The molecule has 0 spiro atoms. The standard InChI is InChI=1S/C17H27NO/c1-5-17-15(6-7-19-17)10-18-11-16-9-13(3)12(2)8-14(16)4/h8-9,15,17-18H,5-7,10-11H2,1-4H3. The molecule has 2 rings (SSSR count). The molecule has 1 aromatic rings. The van der Waals surface area contributed by atoms with Crippen LogP contribution in [-0.4, -0.2) is 19.3 Å². The van der Waals surface area contributed by atoms with Gasteiger partial charge in [-0.25, -0.2) is 0 Å². The molecule has 2 atom stereocenters. The second-order valence-electron chi connectivity index (χ2n) is 5.86. The summed E-state index contributed by atoms with van der Waals surface area (Å²) in [5, 5.41) is 3.62. The molecule has 0 amide bonds. The van der Waals surface area contributed by atoms with Crippen molar-refractivity contribution in [3.63, 3.8) is 0 Å². The van der Waals surface area contributed by atoms with Crippen molar-refractivity contribution in [3.05, 3.63) is 34.4 Å². The second-order valence-corrected chi connectivity index (χ2v) is 5.86. The predicted molar refractivity (Wildman–Crippen MR) is 80.5 cm³/mol. The van der Waals surface area contributed by atoms with E-state index >= 15 is 0 Å². The highest BCUT2D eigenvalue weighted by Gasteiger charge is 2.25. The molecule has 1 fully saturated rings. The molecule has 1 saturated heterocycles. The summed E-state index contributed by atoms with van der Waals surface area (Å²) in [6.45, 7) is 11.8. The number of hydrogen-bond donors (Lipinski definition) is 1. The minimum Gasteiger partial charge on any atom is -0.378 e. The third kappa shape index (κ3) is 3.58. The lowest BCUT2D eigenvalue weighted by molar-refractivity contribution is 0.0872. The maximum Gasteiger partial charge on any atom is 0.0613 e. The van der Waals surface area contributed by atoms with E-state index in [9.17, 15) is 0 Å². The van der Waals surface area contributed by atoms with E-state index in [1.54, 1.807) is 0 Å². The lowest BCUT2D eigenvalue weighted by atomic mass is 9.98. The Balaban J connectivity index is 1.87. The third-order valence-corrected chi connectivity index (χ3v) is 4.42. The van der Waals surface area contributed by atoms with Crippen LogP contribution in [0.3, 0.4) is 0 Å². The van der Waals surface area contributed by atoms with E-state index in [0.29, 0.717) is 12.0 Å². The van der Waals surface area contributed by atoms with Crippen molar-refractivity contribution in [3.8, 4) is 0 Å². The van der Waals surface area contributed by atoms with Crippen LogP contribution in [0.15, 0.2) is 12.1 Å². The lowest BCUT2D eigenvalue weighted by Gasteiger charge is -2.18. The van der Waals surface area contributed by atoms with Gasteiger partial charge >= 0.3 is 0 Å². The molecule has 0 bridgehead atoms. The summed E-state index contributed by atoms with van der Waals surface area (Å²) in [5.74, 6) is 0.692. The maximum atomic E-state index is 5.74. The van der Waals surface area contributed by atoms with Gasteiger partial charge in [0.25, 0.3) is 0 Å². The number of rotatable bonds is 5. The molecule has 0 aromatic heterocycles. The fourth-order valence-corrected chi connectivity index (χ4v) is 2.98. The maximum absolute atomic E-state index is 5.74. The van der Waals surface area contributed by atoms with E-state index in [0.717, 1.165) is 26.1 Å². The summed E-state index contributed by atoms with van der Waals surface area (Å²) in [7, 11) is 0. The number of benzene rings is 1. The van der Waals surface area contributed by atoms with E-state index in [1.165, 1.54) is 28.7 Å². The van der Waals surface area contributed by atoms with Crippen LogP contribution >= 0.6 is 0 Å². The summed E-state index contributed by atoms with van der Waals surface area (Å²) in [6.07, 6.45) is 2.81. The van der Waals surface area contributed by atoms with E-state index in [1.807, 2.05) is 0 Å². The Bertz CT molecular complexity index is 428. The van der Waals surface area contributed by atoms with Crippen LogP contribution < -0.4 is 5.32 Å². The normalized spacial score (nSPS) is 22.9. The summed E-state index contributed by atoms with van der Waals surface area (Å²) < 4.78 is 5.74. The molecule has 1 heterocycles. The van der Waals surface area contributed by atoms with Gasteiger partial charge in [-0.3, -0.25) is 0 Å². The van der Waals surface area contributed by atoms with Crippen molar-refractivity contribution in [1.82, 2.24) is 5.32 Å². The molecule has 0 radical (unpaired) electrons. The summed E-state index contributed by atoms with van der Waals surface area (Å²) in [5.41, 5.74) is 5.59. The minimum atomic E-state index is 0.466. The summed E-state index contributed by atoms with van der Waals surface area (Å²) in [4.78, 5) is 0. The zero-order valence-electron chi connectivity index (χ0n) is 12.8. The van der Waals surface area contributed by atoms with Crippen LogP contribution in [-0.2, 0) is 11.3 Å². The molecule has 1 N–H and O–H groups in total. The van der Waals surface area contributed by atoms with Crippen molar-refractivity contribution in [2.24, 2.45) is 5.92 Å². The van der Waals surface area contributed by atoms with Crippen LogP contribution in [0.25, 0.3) is 0 Å². The Labute approximate surface area is 117 Å². The molecule has 2 heteroatoms. The second kappa shape index (κ2) is 6.53. The van der Waals surface area contributed by atoms with Gasteiger partial charge in [-0.05, 0) is 61.8 Å². The van der Waals surface area contributed by atoms with E-state index < -0.39 is 0 Å². The first-order valence-electron chi connectivity index (χ1n) is 7.50. The van der Waals surface area contributed by atoms with Gasteiger partial charge in [0.05, 0.1) is 6.10 Å². The molecular formula is C17H27NO. The first-order chi connectivity index (χ1) is 9.11. The van der Waals surface area contributed by atoms with Crippen molar-refractivity contribution in [1.29, 1.82) is 0 Å². The first kappa shape index (κ1) is 14.5. The monoisotopic (exact) mass is 261 g/mol. The predicted octanol–water partition coefficient (Wildman–Crippen LogP) is 3.52. The van der Waals surface area contributed by atoms with Crippen molar-refractivity contribution in [2.75, 3.05) is 13.2 Å². The Kier molecular flexibility index (Phi) is 5.00. The highest BCUT2D eigenvalue weighted by atomic mass is 16.5. The van der Waals surface area contributed by atoms with Gasteiger partial charge in [0.2, 0.25) is 0 Å². The molecular weight excluding hydrogens is 234 g/mol. The van der Waals surface area contributed by atoms with Crippen LogP contribution in [0.4, 0.5) is 0 Å². The average molecular weight is 261 g/mol. The Morgan fingerprint density at radius 1 is 1.16 bits per heavy atom. The molecule has 1 aliphatic rings. The van der Waals surface area contributed by atoms with Gasteiger partial charge in [-0.2, -0.15) is 0 Å². The van der Waals surface area contributed by atoms with Crippen LogP contribution in [0.1, 0.15) is 42.0 Å². The highest BCUT2D eigenvalue weighted by molar-refractivity contribution is 5.36. The molecule has 2 unspecified atom stereocenters. The van der Waals surface area contributed by atoms with Gasteiger partial charge in [-0.15, -0.1) is 0 Å². The van der Waals surface area contributed by atoms with Crippen LogP contribution in [0, 0.1) is 26.7 Å². The Morgan fingerprint density at radius 2 is 1.89 bits per heavy atom. The number of aryl methyl sites for hydroxylation is 3. The van der Waals surface area contributed by atoms with Gasteiger partial charge in [0.15, 0.2) is 0 Å². The average Bonchev–Trinajstić information content (AvgIpc) is 2.83. The van der Waals surface area contributed by atoms with Gasteiger partial charge in [0.1, 0.15) is 0 Å². The Hall–Kier alpha value is -0.860. The van der Waals surface area contributed by atoms with Gasteiger partial charge < -0.3 is 10.1 Å². The Morgan fingerprint density at radius 3 is 2.63 bits per heavy atom. The van der Waals surface area contributed by atoms with Crippen LogP contribution in [0.5, 0.6) is 0 Å². The molecule has 1 aromatic carbocycles. The van der Waals surface area contributed by atoms with Crippen molar-refractivity contribution < 1.29 is 4.74 Å². The summed E-state index contributed by atoms with van der Waals surface area (Å²) >= 11 is 0. The third-order valence-electron chi connectivity index (χ3n) is 4.42. The first-order valence-corrected chi connectivity index (χ1v) is 7.50. The molecule has 106 valence electrons.